The van der Waals surface area contributed by atoms with Crippen LogP contribution < -0.4 is 9.47 Å². The number of carbonyl (C=O) groups is 1. The van der Waals surface area contributed by atoms with Crippen molar-refractivity contribution in [1.82, 2.24) is 19.7 Å². The predicted molar refractivity (Wildman–Crippen MR) is 119 cm³/mol. The van der Waals surface area contributed by atoms with Crippen LogP contribution in [0.1, 0.15) is 34.9 Å². The minimum absolute atomic E-state index is 0.0654. The monoisotopic (exact) mass is 434 g/mol. The summed E-state index contributed by atoms with van der Waals surface area (Å²) < 4.78 is 13.7. The number of nitrogens with one attached hydrogen (secondary N) is 1. The van der Waals surface area contributed by atoms with Crippen molar-refractivity contribution in [2.75, 3.05) is 6.61 Å². The quantitative estimate of drug-likeness (QED) is 0.368. The molecule has 8 heteroatoms. The number of hydrogen-bond acceptors (Lipinski definition) is 6. The van der Waals surface area contributed by atoms with Crippen molar-refractivity contribution in [2.24, 2.45) is 7.05 Å². The Hall–Kier alpha value is -3.26. The number of nitrogens with zero attached hydrogens (tertiary/aromatic N) is 3. The van der Waals surface area contributed by atoms with Crippen LogP contribution in [0.4, 0.5) is 0 Å². The van der Waals surface area contributed by atoms with Gasteiger partial charge >= 0.3 is 0 Å². The molecule has 0 aliphatic carbocycles. The Morgan fingerprint density at radius 3 is 2.74 bits per heavy atom. The Morgan fingerprint density at radius 1 is 1.16 bits per heavy atom. The van der Waals surface area contributed by atoms with E-state index in [2.05, 4.69) is 15.2 Å². The molecule has 0 radical (unpaired) electrons. The number of benzene rings is 2. The highest BCUT2D eigenvalue weighted by Crippen LogP contribution is 2.36. The van der Waals surface area contributed by atoms with E-state index in [1.54, 1.807) is 0 Å². The van der Waals surface area contributed by atoms with Gasteiger partial charge < -0.3 is 19.0 Å². The second-order valence-electron chi connectivity index (χ2n) is 7.56. The molecule has 0 amide bonds. The van der Waals surface area contributed by atoms with Gasteiger partial charge in [-0.3, -0.25) is 4.79 Å². The summed E-state index contributed by atoms with van der Waals surface area (Å²) in [5.41, 5.74) is 2.58. The topological polar surface area (TPSA) is 82.0 Å². The molecule has 0 unspecified atom stereocenters. The number of Topliss-reactive ketones (excluding diaryl/α,β-unsaturated/α-hetero) is 1. The first-order valence-electron chi connectivity index (χ1n) is 10.1. The van der Waals surface area contributed by atoms with Gasteiger partial charge in [-0.25, -0.2) is 0 Å². The number of aromatic nitrogens is 4. The van der Waals surface area contributed by atoms with E-state index < -0.39 is 0 Å². The predicted octanol–water partition coefficient (Wildman–Crippen LogP) is 4.48. The van der Waals surface area contributed by atoms with E-state index in [0.717, 1.165) is 27.9 Å². The zero-order valence-corrected chi connectivity index (χ0v) is 18.3. The van der Waals surface area contributed by atoms with E-state index in [-0.39, 0.29) is 17.1 Å². The van der Waals surface area contributed by atoms with E-state index in [0.29, 0.717) is 23.3 Å². The van der Waals surface area contributed by atoms with E-state index in [4.69, 9.17) is 9.47 Å². The maximum atomic E-state index is 13.3. The number of hydrogen-bond donors (Lipinski definition) is 1. The van der Waals surface area contributed by atoms with Crippen LogP contribution in [0.5, 0.6) is 11.5 Å². The number of fused-ring (bicyclic) bond motifs is 2. The van der Waals surface area contributed by atoms with Crippen LogP contribution in [0.25, 0.3) is 10.9 Å². The fraction of sp³-hybridized carbons (Fsp3) is 0.261. The largest absolute Gasteiger partial charge is 0.485 e. The summed E-state index contributed by atoms with van der Waals surface area (Å²) in [5.74, 6) is 2.15. The summed E-state index contributed by atoms with van der Waals surface area (Å²) in [4.78, 5) is 16.6. The summed E-state index contributed by atoms with van der Waals surface area (Å²) in [6, 6.07) is 15.4. The van der Waals surface area contributed by atoms with Gasteiger partial charge in [0.2, 0.25) is 0 Å². The third-order valence-electron chi connectivity index (χ3n) is 5.46. The molecule has 2 aromatic heterocycles. The van der Waals surface area contributed by atoms with Crippen molar-refractivity contribution in [1.29, 1.82) is 0 Å². The van der Waals surface area contributed by atoms with Crippen molar-refractivity contribution in [2.45, 2.75) is 30.4 Å². The minimum atomic E-state index is -0.358. The molecule has 0 fully saturated rings. The Kier molecular flexibility index (Phi) is 4.94. The molecule has 2 aromatic carbocycles. The van der Waals surface area contributed by atoms with Crippen molar-refractivity contribution in [3.05, 3.63) is 65.6 Å². The van der Waals surface area contributed by atoms with Crippen LogP contribution >= 0.6 is 11.8 Å². The molecule has 31 heavy (non-hydrogen) atoms. The number of aryl methyl sites for hydroxylation is 1. The number of ketones is 1. The second-order valence-corrected chi connectivity index (χ2v) is 8.87. The molecule has 0 saturated heterocycles. The summed E-state index contributed by atoms with van der Waals surface area (Å²) in [6.07, 6.45) is -0.358. The maximum Gasteiger partial charge on any atom is 0.192 e. The molecule has 0 saturated carbocycles. The molecule has 2 atom stereocenters. The highest BCUT2D eigenvalue weighted by molar-refractivity contribution is 8.00. The molecule has 7 nitrogen and oxygen atoms in total. The van der Waals surface area contributed by atoms with Crippen LogP contribution in [0.15, 0.2) is 53.7 Å². The van der Waals surface area contributed by atoms with E-state index in [1.165, 1.54) is 11.8 Å². The second kappa shape index (κ2) is 7.77. The number of H-pyrrole nitrogens is 1. The summed E-state index contributed by atoms with van der Waals surface area (Å²) in [7, 11) is 1.88. The lowest BCUT2D eigenvalue weighted by molar-refractivity contribution is 0.0825. The van der Waals surface area contributed by atoms with Gasteiger partial charge in [0.15, 0.2) is 34.4 Å². The van der Waals surface area contributed by atoms with Crippen LogP contribution in [-0.2, 0) is 7.05 Å². The van der Waals surface area contributed by atoms with Crippen LogP contribution in [0, 0.1) is 6.92 Å². The average molecular weight is 435 g/mol. The number of para-hydroxylation sites is 3. The minimum Gasteiger partial charge on any atom is -0.485 e. The molecule has 4 aromatic rings. The fourth-order valence-electron chi connectivity index (χ4n) is 3.86. The molecule has 5 rings (SSSR count). The molecular weight excluding hydrogens is 412 g/mol. The normalized spacial score (nSPS) is 16.4. The smallest absolute Gasteiger partial charge is 0.192 e. The number of aromatic amines is 1. The Bertz CT molecular complexity index is 1280. The van der Waals surface area contributed by atoms with E-state index in [9.17, 15) is 4.79 Å². The Balaban J connectivity index is 1.36. The summed E-state index contributed by atoms with van der Waals surface area (Å²) in [5, 5.41) is 9.93. The van der Waals surface area contributed by atoms with Gasteiger partial charge in [0.25, 0.3) is 0 Å². The van der Waals surface area contributed by atoms with Crippen LogP contribution in [-0.4, -0.2) is 37.4 Å². The Morgan fingerprint density at radius 2 is 1.90 bits per heavy atom. The zero-order valence-electron chi connectivity index (χ0n) is 17.5. The lowest BCUT2D eigenvalue weighted by Gasteiger charge is -2.25. The third kappa shape index (κ3) is 3.46. The third-order valence-corrected chi connectivity index (χ3v) is 6.59. The lowest BCUT2D eigenvalue weighted by atomic mass is 10.1. The Labute approximate surface area is 183 Å². The van der Waals surface area contributed by atoms with Crippen LogP contribution in [0.3, 0.4) is 0 Å². The van der Waals surface area contributed by atoms with E-state index >= 15 is 0 Å². The molecule has 1 N–H and O–H groups in total. The van der Waals surface area contributed by atoms with Gasteiger partial charge in [0.1, 0.15) is 6.61 Å². The zero-order chi connectivity index (χ0) is 21.5. The number of thioether (sulfide) groups is 1. The number of rotatable bonds is 5. The molecule has 0 bridgehead atoms. The number of carbonyl (C=O) groups excluding carboxylic acids is 1. The first-order chi connectivity index (χ1) is 15.0. The van der Waals surface area contributed by atoms with Gasteiger partial charge in [-0.1, -0.05) is 42.1 Å². The van der Waals surface area contributed by atoms with Crippen LogP contribution in [0.2, 0.25) is 0 Å². The van der Waals surface area contributed by atoms with Gasteiger partial charge in [-0.15, -0.1) is 10.2 Å². The van der Waals surface area contributed by atoms with Gasteiger partial charge in [0.05, 0.1) is 5.25 Å². The molecule has 1 aliphatic heterocycles. The highest BCUT2D eigenvalue weighted by atomic mass is 32.2. The molecule has 1 aliphatic rings. The van der Waals surface area contributed by atoms with Crippen molar-refractivity contribution in [3.8, 4) is 11.5 Å². The van der Waals surface area contributed by atoms with Gasteiger partial charge in [-0.05, 0) is 32.0 Å². The fourth-order valence-corrected chi connectivity index (χ4v) is 4.75. The standard InChI is InChI=1S/C23H22N4O3S/c1-13-20(15-8-4-5-9-16(15)24-13)21(28)14(2)31-23-26-25-22(27(23)3)19-12-29-17-10-6-7-11-18(17)30-19/h4-11,14,19,24H,12H2,1-3H3/t14-,19-/m1/s1. The molecular formula is C23H22N4O3S. The molecule has 158 valence electrons. The highest BCUT2D eigenvalue weighted by Gasteiger charge is 2.29. The first kappa shape index (κ1) is 19.7. The van der Waals surface area contributed by atoms with Crippen molar-refractivity contribution >= 4 is 28.4 Å². The van der Waals surface area contributed by atoms with Gasteiger partial charge in [0, 0.05) is 29.2 Å². The molecule has 0 spiro atoms. The van der Waals surface area contributed by atoms with Gasteiger partial charge in [-0.2, -0.15) is 0 Å². The maximum absolute atomic E-state index is 13.3. The molecule has 3 heterocycles. The number of ether oxygens (including phenoxy) is 2. The van der Waals surface area contributed by atoms with Crippen molar-refractivity contribution in [3.63, 3.8) is 0 Å². The average Bonchev–Trinajstić information content (AvgIpc) is 3.31. The SMILES string of the molecule is Cc1[nH]c2ccccc2c1C(=O)[C@@H](C)Sc1nnc([C@H]2COc3ccccc3O2)n1C. The van der Waals surface area contributed by atoms with E-state index in [1.807, 2.05) is 74.0 Å². The summed E-state index contributed by atoms with van der Waals surface area (Å²) >= 11 is 1.39. The van der Waals surface area contributed by atoms with Crippen molar-refractivity contribution < 1.29 is 14.3 Å². The first-order valence-corrected chi connectivity index (χ1v) is 11.0. The summed E-state index contributed by atoms with van der Waals surface area (Å²) in [6.45, 7) is 4.19. The lowest BCUT2D eigenvalue weighted by Crippen LogP contribution is -2.24.